The minimum atomic E-state index is -0.0239. The number of benzene rings is 1. The standard InChI is InChI=1S/C15H22Br2N2O/c1-11(2)19(3)7-5-4-6-18-15(20)12-8-13(16)10-14(17)9-12/h8-11H,4-7H2,1-3H3,(H,18,20). The van der Waals surface area contributed by atoms with Crippen molar-refractivity contribution in [2.75, 3.05) is 20.1 Å². The zero-order chi connectivity index (χ0) is 15.1. The number of hydrogen-bond acceptors (Lipinski definition) is 2. The van der Waals surface area contributed by atoms with Gasteiger partial charge in [0.25, 0.3) is 5.91 Å². The van der Waals surface area contributed by atoms with Crippen molar-refractivity contribution in [2.45, 2.75) is 32.7 Å². The molecular weight excluding hydrogens is 384 g/mol. The minimum absolute atomic E-state index is 0.0239. The van der Waals surface area contributed by atoms with Crippen LogP contribution in [0.15, 0.2) is 27.1 Å². The summed E-state index contributed by atoms with van der Waals surface area (Å²) in [6, 6.07) is 6.14. The van der Waals surface area contributed by atoms with Gasteiger partial charge in [0, 0.05) is 27.1 Å². The number of nitrogens with one attached hydrogen (secondary N) is 1. The molecule has 0 unspecified atom stereocenters. The van der Waals surface area contributed by atoms with Gasteiger partial charge >= 0.3 is 0 Å². The van der Waals surface area contributed by atoms with Crippen LogP contribution in [0.3, 0.4) is 0 Å². The molecule has 0 fully saturated rings. The second-order valence-corrected chi connectivity index (χ2v) is 7.03. The van der Waals surface area contributed by atoms with E-state index in [2.05, 4.69) is 63.0 Å². The van der Waals surface area contributed by atoms with Crippen LogP contribution in [0.5, 0.6) is 0 Å². The third-order valence-corrected chi connectivity index (χ3v) is 4.15. The molecule has 0 radical (unpaired) electrons. The molecular formula is C15H22Br2N2O. The molecule has 0 heterocycles. The van der Waals surface area contributed by atoms with Crippen molar-refractivity contribution in [1.82, 2.24) is 10.2 Å². The van der Waals surface area contributed by atoms with Crippen LogP contribution in [-0.2, 0) is 0 Å². The van der Waals surface area contributed by atoms with Crippen molar-refractivity contribution < 1.29 is 4.79 Å². The lowest BCUT2D eigenvalue weighted by molar-refractivity contribution is 0.0952. The largest absolute Gasteiger partial charge is 0.352 e. The fourth-order valence-electron chi connectivity index (χ4n) is 1.73. The van der Waals surface area contributed by atoms with Crippen LogP contribution in [0.2, 0.25) is 0 Å². The number of amides is 1. The maximum atomic E-state index is 12.0. The fourth-order valence-corrected chi connectivity index (χ4v) is 3.03. The van der Waals surface area contributed by atoms with Gasteiger partial charge < -0.3 is 10.2 Å². The Morgan fingerprint density at radius 3 is 2.35 bits per heavy atom. The quantitative estimate of drug-likeness (QED) is 0.693. The fraction of sp³-hybridized carbons (Fsp3) is 0.533. The minimum Gasteiger partial charge on any atom is -0.352 e. The van der Waals surface area contributed by atoms with Crippen molar-refractivity contribution in [3.05, 3.63) is 32.7 Å². The number of nitrogens with zero attached hydrogens (tertiary/aromatic N) is 1. The number of carbonyl (C=O) groups excluding carboxylic acids is 1. The first kappa shape index (κ1) is 17.7. The van der Waals surface area contributed by atoms with Crippen molar-refractivity contribution in [2.24, 2.45) is 0 Å². The molecule has 3 nitrogen and oxygen atoms in total. The van der Waals surface area contributed by atoms with Crippen LogP contribution >= 0.6 is 31.9 Å². The maximum absolute atomic E-state index is 12.0. The third-order valence-electron chi connectivity index (χ3n) is 3.23. The zero-order valence-corrected chi connectivity index (χ0v) is 15.4. The summed E-state index contributed by atoms with van der Waals surface area (Å²) in [7, 11) is 2.13. The van der Waals surface area contributed by atoms with Crippen molar-refractivity contribution in [1.29, 1.82) is 0 Å². The Hall–Kier alpha value is -0.390. The van der Waals surface area contributed by atoms with E-state index in [1.807, 2.05) is 18.2 Å². The highest BCUT2D eigenvalue weighted by Crippen LogP contribution is 2.19. The van der Waals surface area contributed by atoms with Gasteiger partial charge in [0.2, 0.25) is 0 Å². The summed E-state index contributed by atoms with van der Waals surface area (Å²) in [5, 5.41) is 2.96. The normalized spacial score (nSPS) is 11.2. The second-order valence-electron chi connectivity index (χ2n) is 5.20. The number of rotatable bonds is 7. The van der Waals surface area contributed by atoms with Crippen LogP contribution < -0.4 is 5.32 Å². The van der Waals surface area contributed by atoms with Crippen LogP contribution in [-0.4, -0.2) is 37.0 Å². The second kappa shape index (κ2) is 8.80. The van der Waals surface area contributed by atoms with E-state index in [0.717, 1.165) is 34.9 Å². The molecule has 5 heteroatoms. The molecule has 1 amide bonds. The summed E-state index contributed by atoms with van der Waals surface area (Å²) in [5.74, 6) is -0.0239. The molecule has 0 bridgehead atoms. The van der Waals surface area contributed by atoms with Crippen molar-refractivity contribution in [3.63, 3.8) is 0 Å². The summed E-state index contributed by atoms with van der Waals surface area (Å²) in [5.41, 5.74) is 0.672. The average molecular weight is 406 g/mol. The van der Waals surface area contributed by atoms with E-state index in [0.29, 0.717) is 11.6 Å². The van der Waals surface area contributed by atoms with Gasteiger partial charge in [0.15, 0.2) is 0 Å². The molecule has 0 aromatic heterocycles. The Morgan fingerprint density at radius 2 is 1.80 bits per heavy atom. The molecule has 112 valence electrons. The predicted octanol–water partition coefficient (Wildman–Crippen LogP) is 4.06. The van der Waals surface area contributed by atoms with E-state index >= 15 is 0 Å². The van der Waals surface area contributed by atoms with E-state index in [9.17, 15) is 4.79 Å². The van der Waals surface area contributed by atoms with E-state index in [1.165, 1.54) is 0 Å². The van der Waals surface area contributed by atoms with E-state index in [4.69, 9.17) is 0 Å². The van der Waals surface area contributed by atoms with Gasteiger partial charge in [-0.25, -0.2) is 0 Å². The van der Waals surface area contributed by atoms with Gasteiger partial charge in [-0.2, -0.15) is 0 Å². The van der Waals surface area contributed by atoms with Crippen LogP contribution in [0.1, 0.15) is 37.0 Å². The van der Waals surface area contributed by atoms with Crippen molar-refractivity contribution >= 4 is 37.8 Å². The molecule has 0 atom stereocenters. The Labute approximate surface area is 138 Å². The van der Waals surface area contributed by atoms with E-state index < -0.39 is 0 Å². The monoisotopic (exact) mass is 404 g/mol. The Kier molecular flexibility index (Phi) is 7.77. The smallest absolute Gasteiger partial charge is 0.251 e. The molecule has 1 rings (SSSR count). The Morgan fingerprint density at radius 1 is 1.20 bits per heavy atom. The summed E-state index contributed by atoms with van der Waals surface area (Å²) >= 11 is 6.78. The maximum Gasteiger partial charge on any atom is 0.251 e. The predicted molar refractivity (Wildman–Crippen MR) is 91.2 cm³/mol. The molecule has 1 N–H and O–H groups in total. The molecule has 0 spiro atoms. The molecule has 20 heavy (non-hydrogen) atoms. The number of unbranched alkanes of at least 4 members (excludes halogenated alkanes) is 1. The number of hydrogen-bond donors (Lipinski definition) is 1. The van der Waals surface area contributed by atoms with Gasteiger partial charge in [0.1, 0.15) is 0 Å². The lowest BCUT2D eigenvalue weighted by Gasteiger charge is -2.20. The van der Waals surface area contributed by atoms with Crippen molar-refractivity contribution in [3.8, 4) is 0 Å². The number of carbonyl (C=O) groups is 1. The van der Waals surface area contributed by atoms with Crippen LogP contribution in [0.4, 0.5) is 0 Å². The van der Waals surface area contributed by atoms with Gasteiger partial charge in [-0.05, 0) is 58.5 Å². The van der Waals surface area contributed by atoms with Gasteiger partial charge in [-0.15, -0.1) is 0 Å². The zero-order valence-electron chi connectivity index (χ0n) is 12.2. The first-order valence-electron chi connectivity index (χ1n) is 6.84. The van der Waals surface area contributed by atoms with E-state index in [1.54, 1.807) is 0 Å². The topological polar surface area (TPSA) is 32.3 Å². The summed E-state index contributed by atoms with van der Waals surface area (Å²) < 4.78 is 1.80. The number of halogens is 2. The SMILES string of the molecule is CC(C)N(C)CCCCNC(=O)c1cc(Br)cc(Br)c1. The van der Waals surface area contributed by atoms with Crippen LogP contribution in [0.25, 0.3) is 0 Å². The Balaban J connectivity index is 2.30. The third kappa shape index (κ3) is 6.37. The molecule has 0 aliphatic rings. The molecule has 1 aromatic rings. The lowest BCUT2D eigenvalue weighted by Crippen LogP contribution is -2.29. The van der Waals surface area contributed by atoms with Crippen LogP contribution in [0, 0.1) is 0 Å². The first-order valence-corrected chi connectivity index (χ1v) is 8.43. The molecule has 1 aromatic carbocycles. The molecule has 0 aliphatic heterocycles. The molecule has 0 saturated heterocycles. The highest BCUT2D eigenvalue weighted by Gasteiger charge is 2.07. The summed E-state index contributed by atoms with van der Waals surface area (Å²) in [6.07, 6.45) is 2.09. The summed E-state index contributed by atoms with van der Waals surface area (Å²) in [4.78, 5) is 14.3. The highest BCUT2D eigenvalue weighted by atomic mass is 79.9. The van der Waals surface area contributed by atoms with Gasteiger partial charge in [-0.3, -0.25) is 4.79 Å². The summed E-state index contributed by atoms with van der Waals surface area (Å²) in [6.45, 7) is 6.16. The van der Waals surface area contributed by atoms with Gasteiger partial charge in [-0.1, -0.05) is 31.9 Å². The molecule has 0 aliphatic carbocycles. The average Bonchev–Trinajstić information content (AvgIpc) is 2.36. The van der Waals surface area contributed by atoms with Gasteiger partial charge in [0.05, 0.1) is 0 Å². The lowest BCUT2D eigenvalue weighted by atomic mass is 10.2. The van der Waals surface area contributed by atoms with E-state index in [-0.39, 0.29) is 5.91 Å². The Bertz CT molecular complexity index is 429. The first-order chi connectivity index (χ1) is 9.40. The molecule has 0 saturated carbocycles. The highest BCUT2D eigenvalue weighted by molar-refractivity contribution is 9.11.